The Morgan fingerprint density at radius 1 is 1.32 bits per heavy atom. The topological polar surface area (TPSA) is 59.6 Å². The Kier molecular flexibility index (Phi) is 4.74. The van der Waals surface area contributed by atoms with E-state index in [2.05, 4.69) is 10.6 Å². The van der Waals surface area contributed by atoms with Crippen LogP contribution in [0, 0.1) is 18.6 Å². The van der Waals surface area contributed by atoms with Crippen molar-refractivity contribution in [3.8, 4) is 5.75 Å². The van der Waals surface area contributed by atoms with Crippen molar-refractivity contribution in [3.05, 3.63) is 53.1 Å². The largest absolute Gasteiger partial charge is 0.466 e. The van der Waals surface area contributed by atoms with Crippen molar-refractivity contribution in [3.63, 3.8) is 0 Å². The van der Waals surface area contributed by atoms with Crippen LogP contribution in [0.4, 0.5) is 20.2 Å². The van der Waals surface area contributed by atoms with Crippen molar-refractivity contribution in [2.45, 2.75) is 26.6 Å². The van der Waals surface area contributed by atoms with E-state index in [1.807, 2.05) is 6.92 Å². The fraction of sp³-hybridized carbons (Fsp3) is 0.278. The molecular weight excluding hydrogens is 330 g/mol. The molecule has 1 aliphatic heterocycles. The number of anilines is 2. The van der Waals surface area contributed by atoms with Crippen molar-refractivity contribution < 1.29 is 23.0 Å². The molecule has 2 aromatic carbocycles. The predicted molar refractivity (Wildman–Crippen MR) is 89.5 cm³/mol. The second-order valence-corrected chi connectivity index (χ2v) is 5.68. The number of ether oxygens (including phenoxy) is 2. The van der Waals surface area contributed by atoms with Crippen LogP contribution < -0.4 is 15.4 Å². The molecule has 132 valence electrons. The zero-order valence-electron chi connectivity index (χ0n) is 13.9. The lowest BCUT2D eigenvalue weighted by molar-refractivity contribution is -0.142. The summed E-state index contributed by atoms with van der Waals surface area (Å²) in [5.74, 6) is -1.06. The number of nitrogens with one attached hydrogen (secondary N) is 2. The molecule has 0 aliphatic carbocycles. The van der Waals surface area contributed by atoms with Gasteiger partial charge in [-0.2, -0.15) is 0 Å². The van der Waals surface area contributed by atoms with Gasteiger partial charge in [0.15, 0.2) is 11.6 Å². The smallest absolute Gasteiger partial charge is 0.310 e. The van der Waals surface area contributed by atoms with E-state index >= 15 is 0 Å². The van der Waals surface area contributed by atoms with Crippen molar-refractivity contribution in [2.24, 2.45) is 0 Å². The summed E-state index contributed by atoms with van der Waals surface area (Å²) in [5, 5.41) is 5.83. The van der Waals surface area contributed by atoms with E-state index in [4.69, 9.17) is 9.47 Å². The fourth-order valence-electron chi connectivity index (χ4n) is 2.59. The normalized spacial score (nSPS) is 15.1. The number of carbonyl (C=O) groups excluding carboxylic acids is 1. The number of rotatable bonds is 5. The molecule has 0 aromatic heterocycles. The third-order valence-corrected chi connectivity index (χ3v) is 3.77. The van der Waals surface area contributed by atoms with Gasteiger partial charge in [0.1, 0.15) is 11.5 Å². The summed E-state index contributed by atoms with van der Waals surface area (Å²) in [6.45, 7) is 3.80. The predicted octanol–water partition coefficient (Wildman–Crippen LogP) is 3.58. The molecule has 1 atom stereocenters. The summed E-state index contributed by atoms with van der Waals surface area (Å²) in [6.07, 6.45) is -0.787. The van der Waals surface area contributed by atoms with Gasteiger partial charge in [0.05, 0.1) is 13.0 Å². The van der Waals surface area contributed by atoms with E-state index in [0.29, 0.717) is 11.3 Å². The average molecular weight is 348 g/mol. The lowest BCUT2D eigenvalue weighted by Gasteiger charge is -2.16. The van der Waals surface area contributed by atoms with Crippen molar-refractivity contribution in [1.82, 2.24) is 0 Å². The Hall–Kier alpha value is -2.83. The molecule has 3 rings (SSSR count). The summed E-state index contributed by atoms with van der Waals surface area (Å²) >= 11 is 0. The highest BCUT2D eigenvalue weighted by atomic mass is 19.1. The summed E-state index contributed by atoms with van der Waals surface area (Å²) in [4.78, 5) is 11.5. The van der Waals surface area contributed by atoms with Gasteiger partial charge in [-0.1, -0.05) is 6.07 Å². The average Bonchev–Trinajstić information content (AvgIpc) is 2.94. The van der Waals surface area contributed by atoms with Gasteiger partial charge >= 0.3 is 5.97 Å². The van der Waals surface area contributed by atoms with Crippen molar-refractivity contribution >= 4 is 17.3 Å². The number of halogens is 2. The molecule has 5 nitrogen and oxygen atoms in total. The van der Waals surface area contributed by atoms with E-state index in [-0.39, 0.29) is 30.3 Å². The Balaban J connectivity index is 1.75. The van der Waals surface area contributed by atoms with Gasteiger partial charge in [-0.05, 0) is 49.2 Å². The summed E-state index contributed by atoms with van der Waals surface area (Å²) in [6, 6.07) is 7.19. The van der Waals surface area contributed by atoms with Gasteiger partial charge in [0.25, 0.3) is 0 Å². The number of benzene rings is 2. The molecule has 0 fully saturated rings. The minimum Gasteiger partial charge on any atom is -0.466 e. The Morgan fingerprint density at radius 3 is 2.88 bits per heavy atom. The van der Waals surface area contributed by atoms with Gasteiger partial charge < -0.3 is 20.1 Å². The molecule has 0 radical (unpaired) electrons. The van der Waals surface area contributed by atoms with Crippen LogP contribution in [0.5, 0.6) is 5.75 Å². The maximum atomic E-state index is 14.3. The summed E-state index contributed by atoms with van der Waals surface area (Å²) in [5.41, 5.74) is 2.02. The van der Waals surface area contributed by atoms with Gasteiger partial charge in [-0.25, -0.2) is 8.78 Å². The lowest BCUT2D eigenvalue weighted by Crippen LogP contribution is -2.30. The highest BCUT2D eigenvalue weighted by Gasteiger charge is 2.26. The molecule has 2 aromatic rings. The first-order valence-corrected chi connectivity index (χ1v) is 7.90. The van der Waals surface area contributed by atoms with Crippen LogP contribution in [-0.4, -0.2) is 18.9 Å². The van der Waals surface area contributed by atoms with Crippen LogP contribution >= 0.6 is 0 Å². The zero-order chi connectivity index (χ0) is 18.0. The zero-order valence-corrected chi connectivity index (χ0v) is 13.9. The van der Waals surface area contributed by atoms with Crippen LogP contribution in [0.2, 0.25) is 0 Å². The minimum absolute atomic E-state index is 0.0392. The Labute approximate surface area is 143 Å². The third-order valence-electron chi connectivity index (χ3n) is 3.77. The first-order valence-electron chi connectivity index (χ1n) is 7.90. The molecule has 0 saturated heterocycles. The second kappa shape index (κ2) is 6.96. The van der Waals surface area contributed by atoms with E-state index in [1.165, 1.54) is 18.2 Å². The molecule has 1 unspecified atom stereocenters. The van der Waals surface area contributed by atoms with Crippen molar-refractivity contribution in [2.75, 3.05) is 17.2 Å². The van der Waals surface area contributed by atoms with E-state index in [9.17, 15) is 13.6 Å². The number of hydrogen-bond acceptors (Lipinski definition) is 5. The maximum Gasteiger partial charge on any atom is 0.310 e. The van der Waals surface area contributed by atoms with E-state index in [0.717, 1.165) is 5.56 Å². The monoisotopic (exact) mass is 348 g/mol. The first-order chi connectivity index (χ1) is 12.0. The van der Waals surface area contributed by atoms with Crippen LogP contribution in [0.1, 0.15) is 18.1 Å². The Morgan fingerprint density at radius 2 is 2.12 bits per heavy atom. The molecule has 25 heavy (non-hydrogen) atoms. The molecule has 0 bridgehead atoms. The van der Waals surface area contributed by atoms with Gasteiger partial charge in [-0.3, -0.25) is 4.79 Å². The standard InChI is InChI=1S/C18H18F2N2O3/c1-3-24-16(23)8-11-6-13(20)17-15(7-11)25-18(22-17)21-14-9-12(19)5-4-10(14)2/h4-7,9,18,21-22H,3,8H2,1-2H3. The first kappa shape index (κ1) is 17.0. The maximum absolute atomic E-state index is 14.3. The van der Waals surface area contributed by atoms with Crippen LogP contribution in [0.15, 0.2) is 30.3 Å². The number of aryl methyl sites for hydroxylation is 1. The fourth-order valence-corrected chi connectivity index (χ4v) is 2.59. The van der Waals surface area contributed by atoms with Crippen molar-refractivity contribution in [1.29, 1.82) is 0 Å². The Bertz CT molecular complexity index is 811. The third kappa shape index (κ3) is 3.81. The summed E-state index contributed by atoms with van der Waals surface area (Å²) in [7, 11) is 0. The van der Waals surface area contributed by atoms with Crippen LogP contribution in [-0.2, 0) is 16.0 Å². The number of fused-ring (bicyclic) bond motifs is 1. The highest BCUT2D eigenvalue weighted by molar-refractivity contribution is 5.74. The number of esters is 1. The SMILES string of the molecule is CCOC(=O)Cc1cc(F)c2c(c1)OC(Nc1cc(F)ccc1C)N2. The van der Waals surface area contributed by atoms with Gasteiger partial charge in [0, 0.05) is 5.69 Å². The molecule has 2 N–H and O–H groups in total. The molecule has 0 amide bonds. The van der Waals surface area contributed by atoms with Gasteiger partial charge in [-0.15, -0.1) is 0 Å². The molecule has 1 heterocycles. The summed E-state index contributed by atoms with van der Waals surface area (Å²) < 4.78 is 38.1. The molecule has 0 spiro atoms. The number of carbonyl (C=O) groups is 1. The highest BCUT2D eigenvalue weighted by Crippen LogP contribution is 2.36. The van der Waals surface area contributed by atoms with E-state index in [1.54, 1.807) is 19.1 Å². The number of hydrogen-bond donors (Lipinski definition) is 2. The molecular formula is C18H18F2N2O3. The quantitative estimate of drug-likeness (QED) is 0.809. The molecule has 1 aliphatic rings. The van der Waals surface area contributed by atoms with Gasteiger partial charge in [0.2, 0.25) is 6.35 Å². The van der Waals surface area contributed by atoms with Crippen LogP contribution in [0.25, 0.3) is 0 Å². The molecule has 0 saturated carbocycles. The minimum atomic E-state index is -0.747. The lowest BCUT2D eigenvalue weighted by atomic mass is 10.1. The molecule has 7 heteroatoms. The second-order valence-electron chi connectivity index (χ2n) is 5.68. The van der Waals surface area contributed by atoms with Crippen LogP contribution in [0.3, 0.4) is 0 Å². The van der Waals surface area contributed by atoms with E-state index < -0.39 is 18.1 Å².